The van der Waals surface area contributed by atoms with E-state index in [0.29, 0.717) is 5.41 Å². The standard InChI is InChI=1S/C13H22N2O/c1-13(2,3)7-5-11(14)10-6-8-15-9-12(10)16-4/h6,8-9,11H,5,7,14H2,1-4H3. The lowest BCUT2D eigenvalue weighted by Crippen LogP contribution is -2.15. The molecule has 1 unspecified atom stereocenters. The fraction of sp³-hybridized carbons (Fsp3) is 0.615. The molecule has 1 rings (SSSR count). The molecule has 0 aromatic carbocycles. The molecule has 3 heteroatoms. The van der Waals surface area contributed by atoms with Crippen molar-refractivity contribution in [2.75, 3.05) is 7.11 Å². The molecule has 1 atom stereocenters. The highest BCUT2D eigenvalue weighted by Gasteiger charge is 2.16. The van der Waals surface area contributed by atoms with Crippen LogP contribution in [0.2, 0.25) is 0 Å². The summed E-state index contributed by atoms with van der Waals surface area (Å²) in [6.07, 6.45) is 5.53. The van der Waals surface area contributed by atoms with Crippen molar-refractivity contribution >= 4 is 0 Å². The molecule has 1 aromatic heterocycles. The predicted molar refractivity (Wildman–Crippen MR) is 66.4 cm³/mol. The van der Waals surface area contributed by atoms with E-state index in [4.69, 9.17) is 10.5 Å². The Bertz CT molecular complexity index is 331. The number of ether oxygens (including phenoxy) is 1. The van der Waals surface area contributed by atoms with Crippen LogP contribution in [-0.2, 0) is 0 Å². The van der Waals surface area contributed by atoms with E-state index >= 15 is 0 Å². The number of rotatable bonds is 4. The molecule has 0 amide bonds. The molecule has 0 fully saturated rings. The smallest absolute Gasteiger partial charge is 0.141 e. The van der Waals surface area contributed by atoms with E-state index in [2.05, 4.69) is 25.8 Å². The van der Waals surface area contributed by atoms with Crippen LogP contribution in [-0.4, -0.2) is 12.1 Å². The van der Waals surface area contributed by atoms with Gasteiger partial charge in [0.25, 0.3) is 0 Å². The Balaban J connectivity index is 2.69. The number of nitrogens with two attached hydrogens (primary N) is 1. The van der Waals surface area contributed by atoms with Crippen molar-refractivity contribution in [3.63, 3.8) is 0 Å². The first kappa shape index (κ1) is 13.0. The van der Waals surface area contributed by atoms with Crippen molar-refractivity contribution in [2.45, 2.75) is 39.7 Å². The lowest BCUT2D eigenvalue weighted by molar-refractivity contribution is 0.344. The van der Waals surface area contributed by atoms with Crippen molar-refractivity contribution in [1.29, 1.82) is 0 Å². The van der Waals surface area contributed by atoms with Gasteiger partial charge < -0.3 is 10.5 Å². The summed E-state index contributed by atoms with van der Waals surface area (Å²) in [6, 6.07) is 1.96. The minimum atomic E-state index is 0.0252. The number of hydrogen-bond acceptors (Lipinski definition) is 3. The lowest BCUT2D eigenvalue weighted by atomic mass is 9.87. The van der Waals surface area contributed by atoms with Crippen molar-refractivity contribution in [2.24, 2.45) is 11.1 Å². The van der Waals surface area contributed by atoms with Crippen LogP contribution in [0.1, 0.15) is 45.2 Å². The molecule has 0 bridgehead atoms. The molecule has 2 N–H and O–H groups in total. The molecule has 0 aliphatic rings. The van der Waals surface area contributed by atoms with Crippen LogP contribution in [0, 0.1) is 5.41 Å². The molecule has 16 heavy (non-hydrogen) atoms. The maximum Gasteiger partial charge on any atom is 0.141 e. The van der Waals surface area contributed by atoms with E-state index in [1.807, 2.05) is 6.07 Å². The fourth-order valence-electron chi connectivity index (χ4n) is 1.61. The SMILES string of the molecule is COc1cnccc1C(N)CCC(C)(C)C. The van der Waals surface area contributed by atoms with E-state index in [-0.39, 0.29) is 6.04 Å². The molecule has 0 radical (unpaired) electrons. The predicted octanol–water partition coefficient (Wildman–Crippen LogP) is 2.92. The summed E-state index contributed by atoms with van der Waals surface area (Å²) in [4.78, 5) is 4.03. The largest absolute Gasteiger partial charge is 0.495 e. The first-order valence-electron chi connectivity index (χ1n) is 5.67. The van der Waals surface area contributed by atoms with E-state index in [1.54, 1.807) is 19.5 Å². The Hall–Kier alpha value is -1.09. The molecule has 0 spiro atoms. The fourth-order valence-corrected chi connectivity index (χ4v) is 1.61. The van der Waals surface area contributed by atoms with Crippen LogP contribution in [0.15, 0.2) is 18.5 Å². The maximum absolute atomic E-state index is 6.17. The van der Waals surface area contributed by atoms with Crippen LogP contribution >= 0.6 is 0 Å². The number of methoxy groups -OCH3 is 1. The zero-order valence-electron chi connectivity index (χ0n) is 10.7. The zero-order chi connectivity index (χ0) is 12.2. The van der Waals surface area contributed by atoms with E-state index in [9.17, 15) is 0 Å². The first-order valence-corrected chi connectivity index (χ1v) is 5.67. The average Bonchev–Trinajstić information content (AvgIpc) is 2.25. The number of nitrogens with zero attached hydrogens (tertiary/aromatic N) is 1. The number of pyridine rings is 1. The third-order valence-corrected chi connectivity index (χ3v) is 2.64. The summed E-state index contributed by atoms with van der Waals surface area (Å²) in [5.41, 5.74) is 7.53. The molecular weight excluding hydrogens is 200 g/mol. The number of aromatic nitrogens is 1. The Labute approximate surface area is 98.0 Å². The van der Waals surface area contributed by atoms with Crippen LogP contribution < -0.4 is 10.5 Å². The summed E-state index contributed by atoms with van der Waals surface area (Å²) >= 11 is 0. The van der Waals surface area contributed by atoms with Crippen molar-refractivity contribution in [3.8, 4) is 5.75 Å². The van der Waals surface area contributed by atoms with Gasteiger partial charge in [0.2, 0.25) is 0 Å². The van der Waals surface area contributed by atoms with Gasteiger partial charge in [-0.25, -0.2) is 0 Å². The molecule has 0 aliphatic carbocycles. The minimum Gasteiger partial charge on any atom is -0.495 e. The van der Waals surface area contributed by atoms with Gasteiger partial charge in [-0.15, -0.1) is 0 Å². The average molecular weight is 222 g/mol. The van der Waals surface area contributed by atoms with Crippen molar-refractivity contribution in [1.82, 2.24) is 4.98 Å². The normalized spacial score (nSPS) is 13.6. The number of hydrogen-bond donors (Lipinski definition) is 1. The highest BCUT2D eigenvalue weighted by atomic mass is 16.5. The Morgan fingerprint density at radius 2 is 2.12 bits per heavy atom. The second-order valence-electron chi connectivity index (χ2n) is 5.32. The van der Waals surface area contributed by atoms with Gasteiger partial charge in [0.05, 0.1) is 13.3 Å². The molecule has 0 aliphatic heterocycles. The van der Waals surface area contributed by atoms with Crippen molar-refractivity contribution in [3.05, 3.63) is 24.0 Å². The molecular formula is C13H22N2O. The monoisotopic (exact) mass is 222 g/mol. The van der Waals surface area contributed by atoms with Gasteiger partial charge in [0.1, 0.15) is 5.75 Å². The summed E-state index contributed by atoms with van der Waals surface area (Å²) in [5.74, 6) is 0.781. The molecule has 0 saturated heterocycles. The van der Waals surface area contributed by atoms with Gasteiger partial charge in [-0.1, -0.05) is 20.8 Å². The van der Waals surface area contributed by atoms with E-state index < -0.39 is 0 Å². The maximum atomic E-state index is 6.17. The third kappa shape index (κ3) is 3.81. The molecule has 1 aromatic rings. The molecule has 3 nitrogen and oxygen atoms in total. The zero-order valence-corrected chi connectivity index (χ0v) is 10.7. The highest BCUT2D eigenvalue weighted by Crippen LogP contribution is 2.29. The summed E-state index contributed by atoms with van der Waals surface area (Å²) < 4.78 is 5.26. The summed E-state index contributed by atoms with van der Waals surface area (Å²) in [6.45, 7) is 6.68. The Morgan fingerprint density at radius 1 is 1.44 bits per heavy atom. The van der Waals surface area contributed by atoms with Gasteiger partial charge in [0, 0.05) is 17.8 Å². The van der Waals surface area contributed by atoms with Gasteiger partial charge >= 0.3 is 0 Å². The minimum absolute atomic E-state index is 0.0252. The first-order chi connectivity index (χ1) is 7.44. The van der Waals surface area contributed by atoms with Gasteiger partial charge in [0.15, 0.2) is 0 Å². The molecule has 1 heterocycles. The summed E-state index contributed by atoms with van der Waals surface area (Å²) in [7, 11) is 1.65. The van der Waals surface area contributed by atoms with Crippen LogP contribution in [0.4, 0.5) is 0 Å². The Kier molecular flexibility index (Phi) is 4.30. The van der Waals surface area contributed by atoms with Gasteiger partial charge in [-0.2, -0.15) is 0 Å². The van der Waals surface area contributed by atoms with Crippen LogP contribution in [0.5, 0.6) is 5.75 Å². The van der Waals surface area contributed by atoms with Gasteiger partial charge in [-0.3, -0.25) is 4.98 Å². The third-order valence-electron chi connectivity index (χ3n) is 2.64. The second kappa shape index (κ2) is 5.30. The molecule has 0 saturated carbocycles. The summed E-state index contributed by atoms with van der Waals surface area (Å²) in [5, 5.41) is 0. The van der Waals surface area contributed by atoms with Gasteiger partial charge in [-0.05, 0) is 24.3 Å². The van der Waals surface area contributed by atoms with Crippen LogP contribution in [0.25, 0.3) is 0 Å². The van der Waals surface area contributed by atoms with Crippen LogP contribution in [0.3, 0.4) is 0 Å². The van der Waals surface area contributed by atoms with Crippen molar-refractivity contribution < 1.29 is 4.74 Å². The van der Waals surface area contributed by atoms with E-state index in [1.165, 1.54) is 0 Å². The van der Waals surface area contributed by atoms with E-state index in [0.717, 1.165) is 24.2 Å². The molecule has 90 valence electrons. The highest BCUT2D eigenvalue weighted by molar-refractivity contribution is 5.32. The lowest BCUT2D eigenvalue weighted by Gasteiger charge is -2.21. The quantitative estimate of drug-likeness (QED) is 0.852. The topological polar surface area (TPSA) is 48.1 Å². The Morgan fingerprint density at radius 3 is 2.69 bits per heavy atom. The second-order valence-corrected chi connectivity index (χ2v) is 5.32.